The van der Waals surface area contributed by atoms with Gasteiger partial charge in [-0.25, -0.2) is 4.98 Å². The minimum Gasteiger partial charge on any atom is -0.318 e. The number of aromatic nitrogens is 7. The molecular formula is C23H22N8. The average Bonchev–Trinajstić information content (AvgIpc) is 3.47. The van der Waals surface area contributed by atoms with Gasteiger partial charge in [-0.3, -0.25) is 19.7 Å². The van der Waals surface area contributed by atoms with Crippen LogP contribution in [0.25, 0.3) is 44.9 Å². The first-order valence-corrected chi connectivity index (χ1v) is 10.1. The van der Waals surface area contributed by atoms with Crippen LogP contribution in [0.4, 0.5) is 0 Å². The second kappa shape index (κ2) is 8.08. The lowest BCUT2D eigenvalue weighted by Crippen LogP contribution is -2.15. The molecule has 154 valence electrons. The fourth-order valence-electron chi connectivity index (χ4n) is 3.52. The van der Waals surface area contributed by atoms with Crippen LogP contribution < -0.4 is 5.32 Å². The Morgan fingerprint density at radius 3 is 2.77 bits per heavy atom. The third-order valence-electron chi connectivity index (χ3n) is 5.12. The Morgan fingerprint density at radius 1 is 0.968 bits per heavy atom. The summed E-state index contributed by atoms with van der Waals surface area (Å²) in [4.78, 5) is 14.1. The van der Waals surface area contributed by atoms with Crippen LogP contribution in [0.15, 0.2) is 61.1 Å². The Balaban J connectivity index is 1.52. The van der Waals surface area contributed by atoms with E-state index in [0.717, 1.165) is 63.7 Å². The predicted octanol–water partition coefficient (Wildman–Crippen LogP) is 3.47. The zero-order valence-corrected chi connectivity index (χ0v) is 17.4. The van der Waals surface area contributed by atoms with Gasteiger partial charge in [-0.05, 0) is 50.4 Å². The summed E-state index contributed by atoms with van der Waals surface area (Å²) in [5, 5.41) is 15.1. The predicted molar refractivity (Wildman–Crippen MR) is 120 cm³/mol. The molecule has 31 heavy (non-hydrogen) atoms. The summed E-state index contributed by atoms with van der Waals surface area (Å²) in [5.41, 5.74) is 7.83. The summed E-state index contributed by atoms with van der Waals surface area (Å²) in [5.74, 6) is 0. The van der Waals surface area contributed by atoms with Gasteiger partial charge < -0.3 is 5.32 Å². The lowest BCUT2D eigenvalue weighted by atomic mass is 10.1. The zero-order valence-electron chi connectivity index (χ0n) is 17.4. The van der Waals surface area contributed by atoms with Crippen molar-refractivity contribution in [2.24, 2.45) is 0 Å². The van der Waals surface area contributed by atoms with Gasteiger partial charge in [0.2, 0.25) is 0 Å². The quantitative estimate of drug-likeness (QED) is 0.445. The van der Waals surface area contributed by atoms with E-state index in [2.05, 4.69) is 30.6 Å². The molecule has 5 aromatic heterocycles. The number of H-pyrrole nitrogens is 1. The van der Waals surface area contributed by atoms with E-state index >= 15 is 0 Å². The standard InChI is InChI=1S/C23H22N8/c1-15-4-3-5-21(27-15)23-17(14-26-29-23)19-6-7-20-22(28-19)12-16(13-25-20)18-8-10-31(30-18)11-9-24-2/h3-8,10,12-14,24H,9,11H2,1-2H3,(H,26,29). The fraction of sp³-hybridized carbons (Fsp3) is 0.174. The van der Waals surface area contributed by atoms with Gasteiger partial charge in [-0.15, -0.1) is 0 Å². The second-order valence-electron chi connectivity index (χ2n) is 7.35. The maximum absolute atomic E-state index is 4.87. The van der Waals surface area contributed by atoms with Crippen LogP contribution >= 0.6 is 0 Å². The van der Waals surface area contributed by atoms with Crippen LogP contribution in [0.1, 0.15) is 5.69 Å². The molecule has 0 aliphatic heterocycles. The number of aryl methyl sites for hydroxylation is 1. The molecule has 0 aliphatic carbocycles. The Morgan fingerprint density at radius 2 is 1.90 bits per heavy atom. The highest BCUT2D eigenvalue weighted by Crippen LogP contribution is 2.29. The molecule has 0 atom stereocenters. The van der Waals surface area contributed by atoms with Crippen LogP contribution in [-0.4, -0.2) is 48.5 Å². The van der Waals surface area contributed by atoms with E-state index in [0.29, 0.717) is 0 Å². The summed E-state index contributed by atoms with van der Waals surface area (Å²) < 4.78 is 1.92. The summed E-state index contributed by atoms with van der Waals surface area (Å²) in [7, 11) is 1.93. The topological polar surface area (TPSA) is 97.2 Å². The van der Waals surface area contributed by atoms with Crippen LogP contribution in [0.2, 0.25) is 0 Å². The lowest BCUT2D eigenvalue weighted by molar-refractivity contribution is 0.586. The highest BCUT2D eigenvalue weighted by molar-refractivity contribution is 5.84. The monoisotopic (exact) mass is 410 g/mol. The minimum atomic E-state index is 0.809. The van der Waals surface area contributed by atoms with E-state index in [1.807, 2.05) is 73.5 Å². The second-order valence-corrected chi connectivity index (χ2v) is 7.35. The average molecular weight is 410 g/mol. The summed E-state index contributed by atoms with van der Waals surface area (Å²) in [6.07, 6.45) is 5.61. The normalized spacial score (nSPS) is 11.3. The number of nitrogens with one attached hydrogen (secondary N) is 2. The van der Waals surface area contributed by atoms with E-state index in [1.165, 1.54) is 0 Å². The molecule has 8 nitrogen and oxygen atoms in total. The van der Waals surface area contributed by atoms with Crippen molar-refractivity contribution < 1.29 is 0 Å². The largest absolute Gasteiger partial charge is 0.318 e. The van der Waals surface area contributed by atoms with Crippen molar-refractivity contribution in [2.45, 2.75) is 13.5 Å². The third-order valence-corrected chi connectivity index (χ3v) is 5.12. The summed E-state index contributed by atoms with van der Waals surface area (Å²) >= 11 is 0. The van der Waals surface area contributed by atoms with Crippen molar-refractivity contribution in [2.75, 3.05) is 13.6 Å². The minimum absolute atomic E-state index is 0.809. The first-order valence-electron chi connectivity index (χ1n) is 10.1. The molecule has 0 unspecified atom stereocenters. The first kappa shape index (κ1) is 19.1. The number of likely N-dealkylation sites (N-methyl/N-ethyl adjacent to an activating group) is 1. The van der Waals surface area contributed by atoms with Gasteiger partial charge in [-0.1, -0.05) is 6.07 Å². The van der Waals surface area contributed by atoms with E-state index in [9.17, 15) is 0 Å². The molecule has 5 rings (SSSR count). The lowest BCUT2D eigenvalue weighted by Gasteiger charge is -2.06. The number of hydrogen-bond donors (Lipinski definition) is 2. The third kappa shape index (κ3) is 3.80. The van der Waals surface area contributed by atoms with Crippen molar-refractivity contribution in [1.29, 1.82) is 0 Å². The summed E-state index contributed by atoms with van der Waals surface area (Å²) in [6.45, 7) is 3.65. The molecule has 5 heterocycles. The molecule has 0 aliphatic rings. The number of hydrogen-bond acceptors (Lipinski definition) is 6. The van der Waals surface area contributed by atoms with Gasteiger partial charge in [0.1, 0.15) is 0 Å². The van der Waals surface area contributed by atoms with Crippen molar-refractivity contribution in [3.8, 4) is 33.9 Å². The van der Waals surface area contributed by atoms with E-state index in [1.54, 1.807) is 6.20 Å². The molecule has 0 spiro atoms. The molecule has 8 heteroatoms. The van der Waals surface area contributed by atoms with E-state index in [4.69, 9.17) is 4.98 Å². The number of fused-ring (bicyclic) bond motifs is 1. The van der Waals surface area contributed by atoms with Gasteiger partial charge in [-0.2, -0.15) is 10.2 Å². The Labute approximate surface area is 179 Å². The number of nitrogens with zero attached hydrogens (tertiary/aromatic N) is 6. The number of pyridine rings is 3. The Bertz CT molecular complexity index is 1350. The molecule has 2 N–H and O–H groups in total. The fourth-order valence-corrected chi connectivity index (χ4v) is 3.52. The van der Waals surface area contributed by atoms with Crippen LogP contribution in [-0.2, 0) is 6.54 Å². The Hall–Kier alpha value is -3.91. The highest BCUT2D eigenvalue weighted by Gasteiger charge is 2.14. The van der Waals surface area contributed by atoms with Crippen molar-refractivity contribution >= 4 is 11.0 Å². The number of rotatable bonds is 6. The molecule has 0 radical (unpaired) electrons. The van der Waals surface area contributed by atoms with Gasteiger partial charge in [0.05, 0.1) is 46.6 Å². The van der Waals surface area contributed by atoms with Gasteiger partial charge in [0, 0.05) is 35.8 Å². The van der Waals surface area contributed by atoms with Crippen molar-refractivity contribution in [3.63, 3.8) is 0 Å². The molecule has 0 amide bonds. The maximum atomic E-state index is 4.87. The van der Waals surface area contributed by atoms with Gasteiger partial charge in [0.25, 0.3) is 0 Å². The summed E-state index contributed by atoms with van der Waals surface area (Å²) in [6, 6.07) is 13.9. The first-order chi connectivity index (χ1) is 15.2. The molecule has 0 saturated heterocycles. The van der Waals surface area contributed by atoms with Crippen molar-refractivity contribution in [1.82, 2.24) is 40.2 Å². The SMILES string of the molecule is CNCCn1ccc(-c2cnc3ccc(-c4cn[nH]c4-c4cccc(C)n4)nc3c2)n1. The molecule has 0 saturated carbocycles. The van der Waals surface area contributed by atoms with Gasteiger partial charge in [0.15, 0.2) is 0 Å². The van der Waals surface area contributed by atoms with Crippen LogP contribution in [0.5, 0.6) is 0 Å². The van der Waals surface area contributed by atoms with Crippen LogP contribution in [0.3, 0.4) is 0 Å². The van der Waals surface area contributed by atoms with Crippen LogP contribution in [0, 0.1) is 6.92 Å². The smallest absolute Gasteiger partial charge is 0.0939 e. The van der Waals surface area contributed by atoms with E-state index < -0.39 is 0 Å². The zero-order chi connectivity index (χ0) is 21.2. The molecule has 0 fully saturated rings. The Kier molecular flexibility index (Phi) is 4.97. The number of aromatic amines is 1. The maximum Gasteiger partial charge on any atom is 0.0939 e. The molecular weight excluding hydrogens is 388 g/mol. The molecule has 5 aromatic rings. The highest BCUT2D eigenvalue weighted by atomic mass is 15.3. The van der Waals surface area contributed by atoms with E-state index in [-0.39, 0.29) is 0 Å². The molecule has 0 aromatic carbocycles. The molecule has 0 bridgehead atoms. The van der Waals surface area contributed by atoms with Gasteiger partial charge >= 0.3 is 0 Å². The van der Waals surface area contributed by atoms with Crippen molar-refractivity contribution in [3.05, 3.63) is 66.7 Å².